The first-order chi connectivity index (χ1) is 16.3. The van der Waals surface area contributed by atoms with Crippen LogP contribution in [0.2, 0.25) is 0 Å². The maximum Gasteiger partial charge on any atom is 0.306 e. The number of methoxy groups -OCH3 is 1. The Morgan fingerprint density at radius 1 is 0.882 bits per heavy atom. The minimum absolute atomic E-state index is 0.114. The summed E-state index contributed by atoms with van der Waals surface area (Å²) in [5.41, 5.74) is 7.10. The van der Waals surface area contributed by atoms with Crippen molar-refractivity contribution in [1.29, 1.82) is 0 Å². The Balaban J connectivity index is 1.73. The summed E-state index contributed by atoms with van der Waals surface area (Å²) < 4.78 is 9.61. The van der Waals surface area contributed by atoms with Crippen LogP contribution in [0.5, 0.6) is 0 Å². The van der Waals surface area contributed by atoms with Crippen LogP contribution in [0.15, 0.2) is 48.5 Å². The first-order valence-corrected chi connectivity index (χ1v) is 10.7. The van der Waals surface area contributed by atoms with Crippen molar-refractivity contribution in [2.75, 3.05) is 25.6 Å². The van der Waals surface area contributed by atoms with Crippen LogP contribution >= 0.6 is 12.2 Å². The molecule has 4 N–H and O–H groups in total. The summed E-state index contributed by atoms with van der Waals surface area (Å²) >= 11 is 4.95. The number of rotatable bonds is 9. The summed E-state index contributed by atoms with van der Waals surface area (Å²) in [6.45, 7) is 2.29. The number of carbonyl (C=O) groups is 4. The van der Waals surface area contributed by atoms with Gasteiger partial charge in [-0.25, -0.2) is 0 Å². The van der Waals surface area contributed by atoms with Crippen LogP contribution in [-0.2, 0) is 19.1 Å². The molecule has 2 aromatic carbocycles. The fourth-order valence-electron chi connectivity index (χ4n) is 2.63. The molecule has 34 heavy (non-hydrogen) atoms. The van der Waals surface area contributed by atoms with Crippen LogP contribution in [0.1, 0.15) is 39.1 Å². The number of amides is 3. The van der Waals surface area contributed by atoms with Gasteiger partial charge in [0.05, 0.1) is 13.0 Å². The van der Waals surface area contributed by atoms with E-state index in [4.69, 9.17) is 21.7 Å². The van der Waals surface area contributed by atoms with Crippen molar-refractivity contribution in [3.05, 3.63) is 65.2 Å². The van der Waals surface area contributed by atoms with Crippen molar-refractivity contribution in [1.82, 2.24) is 16.2 Å². The van der Waals surface area contributed by atoms with Gasteiger partial charge in [0.15, 0.2) is 5.11 Å². The van der Waals surface area contributed by atoms with Crippen LogP contribution in [0.25, 0.3) is 0 Å². The van der Waals surface area contributed by atoms with Crippen LogP contribution in [0.3, 0.4) is 0 Å². The van der Waals surface area contributed by atoms with E-state index in [-0.39, 0.29) is 37.1 Å². The van der Waals surface area contributed by atoms with Gasteiger partial charge in [0, 0.05) is 30.3 Å². The number of hydrogen-bond acceptors (Lipinski definition) is 7. The van der Waals surface area contributed by atoms with Crippen molar-refractivity contribution in [3.63, 3.8) is 0 Å². The SMILES string of the molecule is COCCOC(=O)CCC(=O)NC(=S)NNC(=O)c1ccc(NC(=O)c2cccc(C)c2)cc1. The molecule has 3 amide bonds. The number of benzene rings is 2. The molecular weight excluding hydrogens is 460 g/mol. The first kappa shape index (κ1) is 26.4. The largest absolute Gasteiger partial charge is 0.463 e. The number of aryl methyl sites for hydroxylation is 1. The summed E-state index contributed by atoms with van der Waals surface area (Å²) in [6.07, 6.45) is -0.241. The lowest BCUT2D eigenvalue weighted by Gasteiger charge is -2.11. The van der Waals surface area contributed by atoms with Crippen LogP contribution in [-0.4, -0.2) is 49.1 Å². The van der Waals surface area contributed by atoms with Crippen LogP contribution in [0, 0.1) is 6.92 Å². The summed E-state index contributed by atoms with van der Waals surface area (Å²) in [7, 11) is 1.48. The van der Waals surface area contributed by atoms with Gasteiger partial charge in [-0.2, -0.15) is 0 Å². The van der Waals surface area contributed by atoms with E-state index in [0.29, 0.717) is 16.8 Å². The molecular formula is C23H26N4O6S. The highest BCUT2D eigenvalue weighted by Crippen LogP contribution is 2.12. The number of hydrogen-bond donors (Lipinski definition) is 4. The molecule has 0 aliphatic carbocycles. The van der Waals surface area contributed by atoms with E-state index in [2.05, 4.69) is 21.5 Å². The van der Waals surface area contributed by atoms with Gasteiger partial charge in [0.25, 0.3) is 11.8 Å². The predicted molar refractivity (Wildman–Crippen MR) is 129 cm³/mol. The van der Waals surface area contributed by atoms with Crippen molar-refractivity contribution in [2.45, 2.75) is 19.8 Å². The van der Waals surface area contributed by atoms with E-state index >= 15 is 0 Å². The van der Waals surface area contributed by atoms with Gasteiger partial charge in [0.2, 0.25) is 5.91 Å². The van der Waals surface area contributed by atoms with E-state index < -0.39 is 17.8 Å². The number of nitrogens with one attached hydrogen (secondary N) is 4. The van der Waals surface area contributed by atoms with Gasteiger partial charge in [-0.1, -0.05) is 17.7 Å². The van der Waals surface area contributed by atoms with Crippen LogP contribution in [0.4, 0.5) is 5.69 Å². The van der Waals surface area contributed by atoms with Crippen LogP contribution < -0.4 is 21.5 Å². The molecule has 0 fully saturated rings. The fraction of sp³-hybridized carbons (Fsp3) is 0.261. The maximum absolute atomic E-state index is 12.3. The Morgan fingerprint density at radius 3 is 2.29 bits per heavy atom. The predicted octanol–water partition coefficient (Wildman–Crippen LogP) is 1.85. The molecule has 0 heterocycles. The second-order valence-corrected chi connectivity index (χ2v) is 7.48. The van der Waals surface area contributed by atoms with Crippen molar-refractivity contribution >= 4 is 46.7 Å². The van der Waals surface area contributed by atoms with Crippen molar-refractivity contribution in [3.8, 4) is 0 Å². The lowest BCUT2D eigenvalue weighted by Crippen LogP contribution is -2.48. The van der Waals surface area contributed by atoms with Gasteiger partial charge in [-0.05, 0) is 55.5 Å². The lowest BCUT2D eigenvalue weighted by molar-refractivity contribution is -0.146. The number of hydrazine groups is 1. The van der Waals surface area contributed by atoms with E-state index in [9.17, 15) is 19.2 Å². The van der Waals surface area contributed by atoms with Crippen molar-refractivity contribution < 1.29 is 28.7 Å². The van der Waals surface area contributed by atoms with E-state index in [1.54, 1.807) is 30.3 Å². The third-order valence-corrected chi connectivity index (χ3v) is 4.54. The summed E-state index contributed by atoms with van der Waals surface area (Å²) in [5, 5.41) is 4.98. The first-order valence-electron chi connectivity index (χ1n) is 10.3. The molecule has 0 bridgehead atoms. The minimum atomic E-state index is -0.530. The minimum Gasteiger partial charge on any atom is -0.463 e. The molecule has 0 atom stereocenters. The standard InChI is InChI=1S/C23H26N4O6S/c1-15-4-3-5-17(14-15)21(30)24-18-8-6-16(7-9-18)22(31)26-27-23(34)25-19(28)10-11-20(29)33-13-12-32-2/h3-9,14H,10-13H2,1-2H3,(H,24,30)(H,26,31)(H2,25,27,28,34). The molecule has 0 radical (unpaired) electrons. The molecule has 0 aromatic heterocycles. The van der Waals surface area contributed by atoms with Gasteiger partial charge in [0.1, 0.15) is 6.61 Å². The van der Waals surface area contributed by atoms with Gasteiger partial charge < -0.3 is 20.1 Å². The van der Waals surface area contributed by atoms with Gasteiger partial charge in [-0.15, -0.1) is 0 Å². The summed E-state index contributed by atoms with van der Waals surface area (Å²) in [6, 6.07) is 13.4. The zero-order valence-corrected chi connectivity index (χ0v) is 19.6. The average Bonchev–Trinajstić information content (AvgIpc) is 2.82. The van der Waals surface area contributed by atoms with E-state index in [1.807, 2.05) is 13.0 Å². The Labute approximate surface area is 202 Å². The molecule has 180 valence electrons. The quantitative estimate of drug-likeness (QED) is 0.183. The molecule has 2 rings (SSSR count). The fourth-order valence-corrected chi connectivity index (χ4v) is 2.79. The van der Waals surface area contributed by atoms with Crippen molar-refractivity contribution in [2.24, 2.45) is 0 Å². The lowest BCUT2D eigenvalue weighted by atomic mass is 10.1. The number of anilines is 1. The topological polar surface area (TPSA) is 135 Å². The number of thiocarbonyl (C=S) groups is 1. The number of ether oxygens (including phenoxy) is 2. The zero-order chi connectivity index (χ0) is 24.9. The second-order valence-electron chi connectivity index (χ2n) is 7.07. The molecule has 0 spiro atoms. The second kappa shape index (κ2) is 13.7. The molecule has 0 aliphatic rings. The normalized spacial score (nSPS) is 10.1. The van der Waals surface area contributed by atoms with Gasteiger partial charge >= 0.3 is 5.97 Å². The number of esters is 1. The highest BCUT2D eigenvalue weighted by Gasteiger charge is 2.11. The molecule has 0 unspecified atom stereocenters. The molecule has 10 nitrogen and oxygen atoms in total. The summed E-state index contributed by atoms with van der Waals surface area (Å²) in [5.74, 6) is -1.80. The highest BCUT2D eigenvalue weighted by atomic mass is 32.1. The van der Waals surface area contributed by atoms with E-state index in [0.717, 1.165) is 5.56 Å². The molecule has 2 aromatic rings. The smallest absolute Gasteiger partial charge is 0.306 e. The van der Waals surface area contributed by atoms with Gasteiger partial charge in [-0.3, -0.25) is 30.0 Å². The molecule has 0 saturated heterocycles. The highest BCUT2D eigenvalue weighted by molar-refractivity contribution is 7.80. The Bertz CT molecular complexity index is 1040. The molecule has 0 aliphatic heterocycles. The zero-order valence-electron chi connectivity index (χ0n) is 18.8. The maximum atomic E-state index is 12.3. The number of carbonyl (C=O) groups excluding carboxylic acids is 4. The Morgan fingerprint density at radius 2 is 1.62 bits per heavy atom. The average molecular weight is 487 g/mol. The Hall–Kier alpha value is -3.83. The Kier molecular flexibility index (Phi) is 10.6. The monoisotopic (exact) mass is 486 g/mol. The summed E-state index contributed by atoms with van der Waals surface area (Å²) in [4.78, 5) is 47.9. The molecule has 11 heteroatoms. The van der Waals surface area contributed by atoms with E-state index in [1.165, 1.54) is 19.2 Å². The molecule has 0 saturated carbocycles. The third-order valence-electron chi connectivity index (χ3n) is 4.33. The third kappa shape index (κ3) is 9.35.